The first-order valence-electron chi connectivity index (χ1n) is 7.55. The molecule has 1 heterocycles. The highest BCUT2D eigenvalue weighted by Gasteiger charge is 2.32. The van der Waals surface area contributed by atoms with Crippen molar-refractivity contribution in [2.45, 2.75) is 6.92 Å². The molecule has 1 aromatic carbocycles. The number of carbonyl (C=O) groups is 3. The average Bonchev–Trinajstić information content (AvgIpc) is 2.66. The summed E-state index contributed by atoms with van der Waals surface area (Å²) in [6.45, 7) is 1.89. The zero-order valence-electron chi connectivity index (χ0n) is 14.2. The Bertz CT molecular complexity index is 711. The standard InChI is InChI=1S/C17H19NO7/c1-4-25-15(19)11-6-5-7-12(8-11)18-10-24-9-13(16(20)22-2)14(18)17(21)23-3/h5-8H,4,9-10H2,1-3H3. The highest BCUT2D eigenvalue weighted by atomic mass is 16.5. The summed E-state index contributed by atoms with van der Waals surface area (Å²) < 4.78 is 19.9. The van der Waals surface area contributed by atoms with E-state index >= 15 is 0 Å². The fraction of sp³-hybridized carbons (Fsp3) is 0.353. The predicted octanol–water partition coefficient (Wildman–Crippen LogP) is 1.26. The first-order valence-corrected chi connectivity index (χ1v) is 7.55. The van der Waals surface area contributed by atoms with E-state index in [9.17, 15) is 14.4 Å². The van der Waals surface area contributed by atoms with Gasteiger partial charge < -0.3 is 23.8 Å². The smallest absolute Gasteiger partial charge is 0.355 e. The van der Waals surface area contributed by atoms with Gasteiger partial charge in [0.1, 0.15) is 12.4 Å². The van der Waals surface area contributed by atoms with Crippen LogP contribution in [-0.4, -0.2) is 52.1 Å². The Balaban J connectivity index is 2.49. The summed E-state index contributed by atoms with van der Waals surface area (Å²) in [7, 11) is 2.43. The van der Waals surface area contributed by atoms with E-state index < -0.39 is 17.9 Å². The fourth-order valence-corrected chi connectivity index (χ4v) is 2.36. The summed E-state index contributed by atoms with van der Waals surface area (Å²) >= 11 is 0. The van der Waals surface area contributed by atoms with E-state index in [1.165, 1.54) is 19.1 Å². The van der Waals surface area contributed by atoms with E-state index in [2.05, 4.69) is 0 Å². The lowest BCUT2D eigenvalue weighted by Crippen LogP contribution is -2.38. The number of nitrogens with zero attached hydrogens (tertiary/aromatic N) is 1. The van der Waals surface area contributed by atoms with Gasteiger partial charge in [-0.1, -0.05) is 6.07 Å². The molecule has 1 aliphatic rings. The zero-order chi connectivity index (χ0) is 18.4. The molecule has 0 unspecified atom stereocenters. The van der Waals surface area contributed by atoms with Gasteiger partial charge in [-0.2, -0.15) is 0 Å². The Labute approximate surface area is 144 Å². The number of carbonyl (C=O) groups excluding carboxylic acids is 3. The van der Waals surface area contributed by atoms with Crippen molar-refractivity contribution in [1.82, 2.24) is 0 Å². The summed E-state index contributed by atoms with van der Waals surface area (Å²) in [5.74, 6) is -1.88. The summed E-state index contributed by atoms with van der Waals surface area (Å²) in [5.41, 5.74) is 0.851. The lowest BCUT2D eigenvalue weighted by molar-refractivity contribution is -0.140. The van der Waals surface area contributed by atoms with E-state index in [0.717, 1.165) is 0 Å². The molecule has 25 heavy (non-hydrogen) atoms. The van der Waals surface area contributed by atoms with Gasteiger partial charge in [-0.25, -0.2) is 14.4 Å². The number of methoxy groups -OCH3 is 2. The Kier molecular flexibility index (Phi) is 6.13. The van der Waals surface area contributed by atoms with Crippen molar-refractivity contribution in [3.05, 3.63) is 41.1 Å². The van der Waals surface area contributed by atoms with Crippen LogP contribution in [0.1, 0.15) is 17.3 Å². The van der Waals surface area contributed by atoms with Crippen molar-refractivity contribution in [1.29, 1.82) is 0 Å². The molecule has 0 spiro atoms. The molecule has 8 heteroatoms. The van der Waals surface area contributed by atoms with Crippen molar-refractivity contribution in [3.63, 3.8) is 0 Å². The maximum absolute atomic E-state index is 12.2. The van der Waals surface area contributed by atoms with Crippen molar-refractivity contribution in [3.8, 4) is 0 Å². The van der Waals surface area contributed by atoms with Crippen LogP contribution in [-0.2, 0) is 28.5 Å². The number of hydrogen-bond acceptors (Lipinski definition) is 8. The van der Waals surface area contributed by atoms with Crippen LogP contribution in [0.25, 0.3) is 0 Å². The van der Waals surface area contributed by atoms with Gasteiger partial charge in [0.25, 0.3) is 0 Å². The van der Waals surface area contributed by atoms with E-state index in [-0.39, 0.29) is 31.2 Å². The Morgan fingerprint density at radius 3 is 2.48 bits per heavy atom. The van der Waals surface area contributed by atoms with Gasteiger partial charge in [0.15, 0.2) is 0 Å². The molecule has 0 aromatic heterocycles. The van der Waals surface area contributed by atoms with Crippen molar-refractivity contribution in [2.24, 2.45) is 0 Å². The molecule has 0 radical (unpaired) electrons. The normalized spacial score (nSPS) is 14.1. The molecule has 0 saturated heterocycles. The molecule has 0 saturated carbocycles. The zero-order valence-corrected chi connectivity index (χ0v) is 14.2. The van der Waals surface area contributed by atoms with Gasteiger partial charge in [-0.15, -0.1) is 0 Å². The number of rotatable bonds is 5. The molecule has 0 bridgehead atoms. The maximum Gasteiger partial charge on any atom is 0.355 e. The molecule has 2 rings (SSSR count). The van der Waals surface area contributed by atoms with Crippen LogP contribution in [0.2, 0.25) is 0 Å². The molecule has 8 nitrogen and oxygen atoms in total. The minimum Gasteiger partial charge on any atom is -0.466 e. The molecular weight excluding hydrogens is 330 g/mol. The maximum atomic E-state index is 12.2. The number of hydrogen-bond donors (Lipinski definition) is 0. The van der Waals surface area contributed by atoms with Gasteiger partial charge in [-0.3, -0.25) is 0 Å². The molecule has 0 N–H and O–H groups in total. The summed E-state index contributed by atoms with van der Waals surface area (Å²) in [6, 6.07) is 6.46. The van der Waals surface area contributed by atoms with Gasteiger partial charge in [0.2, 0.25) is 0 Å². The van der Waals surface area contributed by atoms with Crippen LogP contribution in [0, 0.1) is 0 Å². The average molecular weight is 349 g/mol. The highest BCUT2D eigenvalue weighted by molar-refractivity contribution is 6.03. The van der Waals surface area contributed by atoms with E-state index in [4.69, 9.17) is 18.9 Å². The van der Waals surface area contributed by atoms with Gasteiger partial charge in [-0.05, 0) is 25.1 Å². The Morgan fingerprint density at radius 2 is 1.84 bits per heavy atom. The summed E-state index contributed by atoms with van der Waals surface area (Å²) in [6.07, 6.45) is 0. The molecule has 0 atom stereocenters. The number of anilines is 1. The number of benzene rings is 1. The molecular formula is C17H19NO7. The molecule has 1 aromatic rings. The second-order valence-electron chi connectivity index (χ2n) is 4.99. The minimum atomic E-state index is -0.703. The number of ether oxygens (including phenoxy) is 4. The minimum absolute atomic E-state index is 0.0111. The first-order chi connectivity index (χ1) is 12.0. The SMILES string of the molecule is CCOC(=O)c1cccc(N2COCC(C(=O)OC)=C2C(=O)OC)c1. The van der Waals surface area contributed by atoms with Crippen LogP contribution >= 0.6 is 0 Å². The van der Waals surface area contributed by atoms with Crippen LogP contribution < -0.4 is 4.90 Å². The Hall–Kier alpha value is -2.87. The quantitative estimate of drug-likeness (QED) is 0.579. The van der Waals surface area contributed by atoms with Gasteiger partial charge >= 0.3 is 17.9 Å². The van der Waals surface area contributed by atoms with E-state index in [1.54, 1.807) is 31.2 Å². The predicted molar refractivity (Wildman–Crippen MR) is 86.8 cm³/mol. The van der Waals surface area contributed by atoms with Crippen LogP contribution in [0.5, 0.6) is 0 Å². The van der Waals surface area contributed by atoms with E-state index in [0.29, 0.717) is 11.3 Å². The van der Waals surface area contributed by atoms with Crippen LogP contribution in [0.3, 0.4) is 0 Å². The van der Waals surface area contributed by atoms with Gasteiger partial charge in [0, 0.05) is 5.69 Å². The monoisotopic (exact) mass is 349 g/mol. The van der Waals surface area contributed by atoms with Crippen LogP contribution in [0.15, 0.2) is 35.5 Å². The third kappa shape index (κ3) is 3.97. The molecule has 134 valence electrons. The largest absolute Gasteiger partial charge is 0.466 e. The third-order valence-corrected chi connectivity index (χ3v) is 3.50. The van der Waals surface area contributed by atoms with Crippen molar-refractivity contribution < 1.29 is 33.3 Å². The summed E-state index contributed by atoms with van der Waals surface area (Å²) in [4.78, 5) is 37.6. The lowest BCUT2D eigenvalue weighted by atomic mass is 10.1. The fourth-order valence-electron chi connectivity index (χ4n) is 2.36. The highest BCUT2D eigenvalue weighted by Crippen LogP contribution is 2.27. The summed E-state index contributed by atoms with van der Waals surface area (Å²) in [5, 5.41) is 0. The second kappa shape index (κ2) is 8.29. The topological polar surface area (TPSA) is 91.4 Å². The lowest BCUT2D eigenvalue weighted by Gasteiger charge is -2.31. The number of esters is 3. The Morgan fingerprint density at radius 1 is 1.12 bits per heavy atom. The molecule has 0 amide bonds. The first kappa shape index (κ1) is 18.5. The molecule has 0 aliphatic carbocycles. The second-order valence-corrected chi connectivity index (χ2v) is 4.99. The molecule has 0 fully saturated rings. The third-order valence-electron chi connectivity index (χ3n) is 3.50. The molecule has 1 aliphatic heterocycles. The van der Waals surface area contributed by atoms with Gasteiger partial charge in [0.05, 0.1) is 38.6 Å². The van der Waals surface area contributed by atoms with Crippen molar-refractivity contribution >= 4 is 23.6 Å². The van der Waals surface area contributed by atoms with Crippen LogP contribution in [0.4, 0.5) is 5.69 Å². The van der Waals surface area contributed by atoms with E-state index in [1.807, 2.05) is 0 Å². The van der Waals surface area contributed by atoms with Crippen molar-refractivity contribution in [2.75, 3.05) is 39.1 Å².